The fourth-order valence-electron chi connectivity index (χ4n) is 2.28. The molecule has 0 bridgehead atoms. The average Bonchev–Trinajstić information content (AvgIpc) is 2.61. The molecule has 3 aromatic rings. The molecule has 0 saturated heterocycles. The van der Waals surface area contributed by atoms with Gasteiger partial charge in [-0.2, -0.15) is 0 Å². The molecule has 114 valence electrons. The van der Waals surface area contributed by atoms with Gasteiger partial charge in [-0.1, -0.05) is 84.6 Å². The van der Waals surface area contributed by atoms with Crippen LogP contribution in [0.2, 0.25) is 0 Å². The molecular weight excluding hydrogens is 324 g/mol. The van der Waals surface area contributed by atoms with E-state index in [0.717, 1.165) is 10.6 Å². The SMILES string of the molecule is Fc1cccc(/C=N/P(=S)(c2ccccc2)c2ccccc2)c1. The standard InChI is InChI=1S/C19H15FNPS/c20-17-9-7-8-16(14-17)15-21-22(23,18-10-3-1-4-11-18)19-12-5-2-6-13-19/h1-15H/b21-15+. The Labute approximate surface area is 140 Å². The van der Waals surface area contributed by atoms with Gasteiger partial charge in [-0.15, -0.1) is 0 Å². The van der Waals surface area contributed by atoms with Gasteiger partial charge in [0, 0.05) is 16.8 Å². The molecule has 0 aliphatic rings. The Morgan fingerprint density at radius 1 is 0.783 bits per heavy atom. The first-order valence-electron chi connectivity index (χ1n) is 7.21. The fourth-order valence-corrected chi connectivity index (χ4v) is 5.16. The van der Waals surface area contributed by atoms with E-state index < -0.39 is 6.19 Å². The highest BCUT2D eigenvalue weighted by Crippen LogP contribution is 2.45. The lowest BCUT2D eigenvalue weighted by Crippen LogP contribution is -2.14. The average molecular weight is 339 g/mol. The molecule has 0 radical (unpaired) electrons. The van der Waals surface area contributed by atoms with Gasteiger partial charge < -0.3 is 0 Å². The van der Waals surface area contributed by atoms with Gasteiger partial charge in [-0.05, 0) is 17.7 Å². The molecule has 0 atom stereocenters. The Kier molecular flexibility index (Phi) is 4.80. The molecule has 0 heterocycles. The Bertz CT molecular complexity index is 819. The van der Waals surface area contributed by atoms with Gasteiger partial charge >= 0.3 is 0 Å². The molecule has 0 aliphatic heterocycles. The molecule has 0 aromatic heterocycles. The lowest BCUT2D eigenvalue weighted by molar-refractivity contribution is 0.627. The largest absolute Gasteiger partial charge is 0.251 e. The third-order valence-electron chi connectivity index (χ3n) is 3.43. The van der Waals surface area contributed by atoms with E-state index >= 15 is 0 Å². The summed E-state index contributed by atoms with van der Waals surface area (Å²) in [5.74, 6) is -0.276. The summed E-state index contributed by atoms with van der Waals surface area (Å²) in [7, 11) is 0. The van der Waals surface area contributed by atoms with Gasteiger partial charge in [-0.3, -0.25) is 4.76 Å². The Morgan fingerprint density at radius 2 is 1.35 bits per heavy atom. The van der Waals surface area contributed by atoms with Crippen LogP contribution < -0.4 is 10.6 Å². The second kappa shape index (κ2) is 6.99. The van der Waals surface area contributed by atoms with Crippen LogP contribution in [0.1, 0.15) is 5.56 Å². The van der Waals surface area contributed by atoms with Gasteiger partial charge in [0.15, 0.2) is 0 Å². The molecule has 0 aliphatic carbocycles. The van der Waals surface area contributed by atoms with Crippen molar-refractivity contribution in [2.45, 2.75) is 0 Å². The van der Waals surface area contributed by atoms with Crippen LogP contribution in [-0.2, 0) is 11.8 Å². The second-order valence-electron chi connectivity index (χ2n) is 5.05. The summed E-state index contributed by atoms with van der Waals surface area (Å²) < 4.78 is 18.1. The molecule has 0 unspecified atom stereocenters. The molecule has 3 rings (SSSR count). The molecule has 0 amide bonds. The summed E-state index contributed by atoms with van der Waals surface area (Å²) in [6.45, 7) is 0. The zero-order valence-corrected chi connectivity index (χ0v) is 14.1. The first-order valence-corrected chi connectivity index (χ1v) is 9.96. The fraction of sp³-hybridized carbons (Fsp3) is 0. The van der Waals surface area contributed by atoms with Crippen molar-refractivity contribution in [3.63, 3.8) is 0 Å². The van der Waals surface area contributed by atoms with Crippen molar-refractivity contribution in [2.75, 3.05) is 0 Å². The third kappa shape index (κ3) is 3.64. The third-order valence-corrected chi connectivity index (χ3v) is 7.42. The number of halogens is 1. The van der Waals surface area contributed by atoms with Crippen LogP contribution >= 0.6 is 6.19 Å². The maximum absolute atomic E-state index is 13.4. The maximum Gasteiger partial charge on any atom is 0.123 e. The molecule has 0 fully saturated rings. The lowest BCUT2D eigenvalue weighted by Gasteiger charge is -2.18. The number of rotatable bonds is 4. The number of benzene rings is 3. The van der Waals surface area contributed by atoms with E-state index in [4.69, 9.17) is 16.6 Å². The summed E-state index contributed by atoms with van der Waals surface area (Å²) in [5, 5.41) is 2.04. The lowest BCUT2D eigenvalue weighted by atomic mass is 10.2. The highest BCUT2D eigenvalue weighted by Gasteiger charge is 2.20. The van der Waals surface area contributed by atoms with Crippen LogP contribution in [0.4, 0.5) is 4.39 Å². The van der Waals surface area contributed by atoms with E-state index in [2.05, 4.69) is 0 Å². The molecule has 3 aromatic carbocycles. The summed E-state index contributed by atoms with van der Waals surface area (Å²) >= 11 is 5.99. The highest BCUT2D eigenvalue weighted by atomic mass is 32.4. The highest BCUT2D eigenvalue weighted by molar-refractivity contribution is 8.21. The monoisotopic (exact) mass is 339 g/mol. The minimum absolute atomic E-state index is 0.276. The van der Waals surface area contributed by atoms with Gasteiger partial charge in [0.2, 0.25) is 0 Å². The van der Waals surface area contributed by atoms with E-state index in [9.17, 15) is 4.39 Å². The smallest absolute Gasteiger partial charge is 0.123 e. The Hall–Kier alpha value is -2.09. The van der Waals surface area contributed by atoms with Crippen molar-refractivity contribution in [1.29, 1.82) is 0 Å². The second-order valence-corrected chi connectivity index (χ2v) is 9.05. The molecule has 4 heteroatoms. The minimum atomic E-state index is -2.32. The van der Waals surface area contributed by atoms with Gasteiger partial charge in [0.1, 0.15) is 12.0 Å². The quantitative estimate of drug-likeness (QED) is 0.510. The van der Waals surface area contributed by atoms with Gasteiger partial charge in [-0.25, -0.2) is 4.39 Å². The van der Waals surface area contributed by atoms with Crippen molar-refractivity contribution < 1.29 is 4.39 Å². The predicted molar refractivity (Wildman–Crippen MR) is 100 cm³/mol. The molecule has 1 nitrogen and oxygen atoms in total. The number of hydrogen-bond donors (Lipinski definition) is 0. The molecule has 0 N–H and O–H groups in total. The maximum atomic E-state index is 13.4. The van der Waals surface area contributed by atoms with Gasteiger partial charge in [0.25, 0.3) is 0 Å². The van der Waals surface area contributed by atoms with Crippen molar-refractivity contribution in [2.24, 2.45) is 4.76 Å². The van der Waals surface area contributed by atoms with Crippen LogP contribution in [0.3, 0.4) is 0 Å². The predicted octanol–water partition coefficient (Wildman–Crippen LogP) is 4.29. The minimum Gasteiger partial charge on any atom is -0.251 e. The van der Waals surface area contributed by atoms with Crippen LogP contribution in [-0.4, -0.2) is 6.21 Å². The van der Waals surface area contributed by atoms with E-state index in [0.29, 0.717) is 5.56 Å². The van der Waals surface area contributed by atoms with E-state index in [-0.39, 0.29) is 5.82 Å². The Balaban J connectivity index is 2.08. The number of hydrogen-bond acceptors (Lipinski definition) is 1. The van der Waals surface area contributed by atoms with Crippen molar-refractivity contribution in [3.8, 4) is 0 Å². The molecule has 0 saturated carbocycles. The molecule has 0 spiro atoms. The summed E-state index contributed by atoms with van der Waals surface area (Å²) in [5.41, 5.74) is 0.714. The first-order chi connectivity index (χ1) is 11.2. The van der Waals surface area contributed by atoms with Crippen LogP contribution in [0, 0.1) is 5.82 Å². The summed E-state index contributed by atoms with van der Waals surface area (Å²) in [4.78, 5) is 0. The van der Waals surface area contributed by atoms with Crippen molar-refractivity contribution in [1.82, 2.24) is 0 Å². The van der Waals surface area contributed by atoms with Crippen LogP contribution in [0.15, 0.2) is 89.7 Å². The van der Waals surface area contributed by atoms with E-state index in [1.54, 1.807) is 12.3 Å². The Morgan fingerprint density at radius 3 is 1.87 bits per heavy atom. The van der Waals surface area contributed by atoms with E-state index in [1.165, 1.54) is 12.1 Å². The normalized spacial score (nSPS) is 11.7. The van der Waals surface area contributed by atoms with Gasteiger partial charge in [0.05, 0.1) is 0 Å². The zero-order chi connectivity index (χ0) is 16.1. The first kappa shape index (κ1) is 15.8. The molecule has 23 heavy (non-hydrogen) atoms. The topological polar surface area (TPSA) is 12.4 Å². The summed E-state index contributed by atoms with van der Waals surface area (Å²) in [6, 6.07) is 26.2. The van der Waals surface area contributed by atoms with E-state index in [1.807, 2.05) is 66.7 Å². The zero-order valence-electron chi connectivity index (χ0n) is 12.3. The van der Waals surface area contributed by atoms with Crippen molar-refractivity contribution in [3.05, 3.63) is 96.3 Å². The van der Waals surface area contributed by atoms with Crippen LogP contribution in [0.25, 0.3) is 0 Å². The van der Waals surface area contributed by atoms with Crippen molar-refractivity contribution >= 4 is 34.8 Å². The van der Waals surface area contributed by atoms with Crippen LogP contribution in [0.5, 0.6) is 0 Å². The summed E-state index contributed by atoms with van der Waals surface area (Å²) in [6.07, 6.45) is -0.640. The molecular formula is C19H15FNPS. The number of nitrogens with zero attached hydrogens (tertiary/aromatic N) is 1.